The fourth-order valence-corrected chi connectivity index (χ4v) is 5.12. The highest BCUT2D eigenvalue weighted by Gasteiger charge is 2.37. The van der Waals surface area contributed by atoms with Crippen molar-refractivity contribution in [3.05, 3.63) is 0 Å². The molecule has 0 spiro atoms. The molecular formula is C22H43IN4O2. The summed E-state index contributed by atoms with van der Waals surface area (Å²) in [5.41, 5.74) is 0.444. The van der Waals surface area contributed by atoms with Crippen molar-refractivity contribution in [2.45, 2.75) is 58.9 Å². The largest absolute Gasteiger partial charge is 0.381 e. The molecule has 2 aliphatic heterocycles. The van der Waals surface area contributed by atoms with E-state index in [1.807, 2.05) is 0 Å². The quantitative estimate of drug-likeness (QED) is 0.277. The average molecular weight is 523 g/mol. The van der Waals surface area contributed by atoms with E-state index in [0.29, 0.717) is 17.4 Å². The second-order valence-electron chi connectivity index (χ2n) is 9.37. The molecule has 0 amide bonds. The second-order valence-corrected chi connectivity index (χ2v) is 9.37. The molecule has 2 unspecified atom stereocenters. The van der Waals surface area contributed by atoms with Gasteiger partial charge in [0.15, 0.2) is 5.96 Å². The lowest BCUT2D eigenvalue weighted by Crippen LogP contribution is -2.53. The molecule has 3 aliphatic rings. The number of guanidine groups is 1. The van der Waals surface area contributed by atoms with Crippen molar-refractivity contribution in [3.8, 4) is 0 Å². The fraction of sp³-hybridized carbons (Fsp3) is 0.955. The molecule has 170 valence electrons. The first-order chi connectivity index (χ1) is 13.6. The van der Waals surface area contributed by atoms with Gasteiger partial charge in [-0.1, -0.05) is 20.3 Å². The average Bonchev–Trinajstić information content (AvgIpc) is 3.18. The van der Waals surface area contributed by atoms with E-state index >= 15 is 0 Å². The third kappa shape index (κ3) is 7.51. The summed E-state index contributed by atoms with van der Waals surface area (Å²) >= 11 is 0. The van der Waals surface area contributed by atoms with Crippen molar-refractivity contribution in [2.24, 2.45) is 22.2 Å². The van der Waals surface area contributed by atoms with Crippen LogP contribution in [0, 0.1) is 17.3 Å². The van der Waals surface area contributed by atoms with Crippen LogP contribution < -0.4 is 10.6 Å². The first-order valence-electron chi connectivity index (χ1n) is 11.5. The maximum Gasteiger partial charge on any atom is 0.191 e. The zero-order valence-corrected chi connectivity index (χ0v) is 21.1. The number of nitrogens with zero attached hydrogens (tertiary/aromatic N) is 2. The maximum atomic E-state index is 5.70. The molecule has 7 heteroatoms. The minimum absolute atomic E-state index is 0. The van der Waals surface area contributed by atoms with Crippen molar-refractivity contribution in [3.63, 3.8) is 0 Å². The third-order valence-corrected chi connectivity index (χ3v) is 6.67. The van der Waals surface area contributed by atoms with Crippen molar-refractivity contribution in [2.75, 3.05) is 59.2 Å². The van der Waals surface area contributed by atoms with E-state index in [9.17, 15) is 0 Å². The number of nitrogens with one attached hydrogen (secondary N) is 2. The Morgan fingerprint density at radius 1 is 1.14 bits per heavy atom. The Bertz CT molecular complexity index is 487. The number of morpholine rings is 1. The van der Waals surface area contributed by atoms with E-state index in [4.69, 9.17) is 14.5 Å². The molecule has 0 radical (unpaired) electrons. The number of rotatable bonds is 9. The molecule has 3 rings (SSSR count). The normalized spacial score (nSPS) is 25.9. The predicted molar refractivity (Wildman–Crippen MR) is 130 cm³/mol. The van der Waals surface area contributed by atoms with Crippen molar-refractivity contribution < 1.29 is 9.47 Å². The maximum absolute atomic E-state index is 5.70. The zero-order valence-electron chi connectivity index (χ0n) is 18.8. The van der Waals surface area contributed by atoms with Crippen LogP contribution in [0.5, 0.6) is 0 Å². The molecule has 29 heavy (non-hydrogen) atoms. The molecule has 3 fully saturated rings. The van der Waals surface area contributed by atoms with Gasteiger partial charge in [0.2, 0.25) is 0 Å². The lowest BCUT2D eigenvalue weighted by atomic mass is 9.64. The van der Waals surface area contributed by atoms with Crippen LogP contribution >= 0.6 is 24.0 Å². The summed E-state index contributed by atoms with van der Waals surface area (Å²) in [6.45, 7) is 15.1. The summed E-state index contributed by atoms with van der Waals surface area (Å²) in [6.07, 6.45) is 6.50. The van der Waals surface area contributed by atoms with Gasteiger partial charge in [-0.3, -0.25) is 9.89 Å². The Hall–Kier alpha value is -0.120. The first-order valence-corrected chi connectivity index (χ1v) is 11.5. The van der Waals surface area contributed by atoms with Gasteiger partial charge in [-0.25, -0.2) is 0 Å². The number of hydrogen-bond donors (Lipinski definition) is 2. The molecule has 0 aromatic heterocycles. The second kappa shape index (κ2) is 12.7. The van der Waals surface area contributed by atoms with Gasteiger partial charge in [0.05, 0.1) is 19.8 Å². The molecular weight excluding hydrogens is 479 g/mol. The number of aliphatic imine (C=N–C) groups is 1. The molecule has 2 heterocycles. The Kier molecular flexibility index (Phi) is 11.0. The monoisotopic (exact) mass is 522 g/mol. The summed E-state index contributed by atoms with van der Waals surface area (Å²) in [5, 5.41) is 7.14. The van der Waals surface area contributed by atoms with Gasteiger partial charge in [-0.15, -0.1) is 24.0 Å². The van der Waals surface area contributed by atoms with Crippen LogP contribution in [0.4, 0.5) is 0 Å². The topological polar surface area (TPSA) is 58.1 Å². The van der Waals surface area contributed by atoms with Crippen molar-refractivity contribution in [1.29, 1.82) is 0 Å². The smallest absolute Gasteiger partial charge is 0.191 e. The molecule has 1 aliphatic carbocycles. The Morgan fingerprint density at radius 2 is 1.90 bits per heavy atom. The molecule has 0 aromatic rings. The van der Waals surface area contributed by atoms with E-state index in [1.54, 1.807) is 0 Å². The summed E-state index contributed by atoms with van der Waals surface area (Å²) < 4.78 is 11.3. The SMILES string of the molecule is CCNC(=NCC1(CC(C)C)CCC1)NCC(C1CCOC1)N1CCOCC1.I. The Balaban J connectivity index is 0.00000300. The third-order valence-electron chi connectivity index (χ3n) is 6.67. The summed E-state index contributed by atoms with van der Waals surface area (Å²) in [7, 11) is 0. The van der Waals surface area contributed by atoms with Gasteiger partial charge in [-0.05, 0) is 43.9 Å². The highest BCUT2D eigenvalue weighted by atomic mass is 127. The predicted octanol–water partition coefficient (Wildman–Crippen LogP) is 3.11. The standard InChI is InChI=1S/C22H42N4O2.HI/c1-4-23-21(25-17-22(7-5-8-22)14-18(2)3)24-15-20(19-6-11-28-16-19)26-9-12-27-13-10-26;/h18-20H,4-17H2,1-3H3,(H2,23,24,25);1H. The molecule has 0 aromatic carbocycles. The van der Waals surface area contributed by atoms with Gasteiger partial charge < -0.3 is 20.1 Å². The minimum atomic E-state index is 0. The van der Waals surface area contributed by atoms with Gasteiger partial charge in [-0.2, -0.15) is 0 Å². The van der Waals surface area contributed by atoms with Gasteiger partial charge in [0, 0.05) is 51.3 Å². The van der Waals surface area contributed by atoms with Crippen LogP contribution in [0.1, 0.15) is 52.9 Å². The first kappa shape index (κ1) is 25.1. The van der Waals surface area contributed by atoms with E-state index in [1.165, 1.54) is 25.7 Å². The molecule has 1 saturated carbocycles. The van der Waals surface area contributed by atoms with E-state index < -0.39 is 0 Å². The Morgan fingerprint density at radius 3 is 2.45 bits per heavy atom. The summed E-state index contributed by atoms with van der Waals surface area (Å²) in [5.74, 6) is 2.33. The lowest BCUT2D eigenvalue weighted by molar-refractivity contribution is 0.00245. The summed E-state index contributed by atoms with van der Waals surface area (Å²) in [4.78, 5) is 7.61. The number of hydrogen-bond acceptors (Lipinski definition) is 4. The number of ether oxygens (including phenoxy) is 2. The zero-order chi connectivity index (χ0) is 19.8. The van der Waals surface area contributed by atoms with Gasteiger partial charge in [0.25, 0.3) is 0 Å². The van der Waals surface area contributed by atoms with Crippen LogP contribution in [-0.2, 0) is 9.47 Å². The molecule has 2 saturated heterocycles. The summed E-state index contributed by atoms with van der Waals surface area (Å²) in [6, 6.07) is 0.489. The highest BCUT2D eigenvalue weighted by molar-refractivity contribution is 14.0. The van der Waals surface area contributed by atoms with E-state index in [-0.39, 0.29) is 24.0 Å². The van der Waals surface area contributed by atoms with Crippen LogP contribution in [0.3, 0.4) is 0 Å². The molecule has 0 bridgehead atoms. The van der Waals surface area contributed by atoms with Crippen LogP contribution in [-0.4, -0.2) is 76.1 Å². The van der Waals surface area contributed by atoms with Gasteiger partial charge >= 0.3 is 0 Å². The van der Waals surface area contributed by atoms with Crippen molar-refractivity contribution in [1.82, 2.24) is 15.5 Å². The molecule has 2 atom stereocenters. The highest BCUT2D eigenvalue weighted by Crippen LogP contribution is 2.46. The van der Waals surface area contributed by atoms with E-state index in [0.717, 1.165) is 77.4 Å². The van der Waals surface area contributed by atoms with Gasteiger partial charge in [0.1, 0.15) is 0 Å². The van der Waals surface area contributed by atoms with Crippen LogP contribution in [0.15, 0.2) is 4.99 Å². The molecule has 6 nitrogen and oxygen atoms in total. The van der Waals surface area contributed by atoms with E-state index in [2.05, 4.69) is 36.3 Å². The van der Waals surface area contributed by atoms with Crippen molar-refractivity contribution >= 4 is 29.9 Å². The van der Waals surface area contributed by atoms with Crippen LogP contribution in [0.25, 0.3) is 0 Å². The fourth-order valence-electron chi connectivity index (χ4n) is 5.12. The molecule has 2 N–H and O–H groups in total. The number of halogens is 1. The minimum Gasteiger partial charge on any atom is -0.381 e. The lowest BCUT2D eigenvalue weighted by Gasteiger charge is -2.42. The Labute approximate surface area is 195 Å². The van der Waals surface area contributed by atoms with Crippen LogP contribution in [0.2, 0.25) is 0 Å².